The molecule has 1 amide bonds. The average molecular weight is 488 g/mol. The van der Waals surface area contributed by atoms with Crippen molar-refractivity contribution in [3.8, 4) is 11.4 Å². The molecule has 0 unspecified atom stereocenters. The normalized spacial score (nSPS) is 13.4. The van der Waals surface area contributed by atoms with Gasteiger partial charge in [-0.1, -0.05) is 18.2 Å². The number of benzene rings is 3. The number of hydrogen-bond donors (Lipinski definition) is 3. The number of amides is 1. The highest BCUT2D eigenvalue weighted by atomic mass is 32.2. The number of anilines is 2. The van der Waals surface area contributed by atoms with Crippen molar-refractivity contribution in [1.82, 2.24) is 15.2 Å². The molecule has 1 aromatic heterocycles. The molecule has 8 nitrogen and oxygen atoms in total. The smallest absolute Gasteiger partial charge is 0.262 e. The number of carbonyl (C=O) groups is 1. The van der Waals surface area contributed by atoms with Crippen LogP contribution in [0.3, 0.4) is 0 Å². The van der Waals surface area contributed by atoms with Crippen LogP contribution in [0.5, 0.6) is 0 Å². The number of aromatic nitrogens is 3. The van der Waals surface area contributed by atoms with E-state index in [4.69, 9.17) is 0 Å². The Hall–Kier alpha value is -3.98. The minimum Gasteiger partial charge on any atom is -0.322 e. The molecule has 35 heavy (non-hydrogen) atoms. The van der Waals surface area contributed by atoms with Gasteiger partial charge in [-0.2, -0.15) is 5.10 Å². The molecule has 1 fully saturated rings. The summed E-state index contributed by atoms with van der Waals surface area (Å²) in [4.78, 5) is 17.6. The van der Waals surface area contributed by atoms with Crippen LogP contribution in [0.25, 0.3) is 11.4 Å². The van der Waals surface area contributed by atoms with Gasteiger partial charge in [0.15, 0.2) is 5.82 Å². The highest BCUT2D eigenvalue weighted by molar-refractivity contribution is 7.92. The molecule has 3 aromatic carbocycles. The minimum atomic E-state index is -3.79. The number of rotatable bonds is 7. The molecular formula is C26H25N5O3S. The van der Waals surface area contributed by atoms with Gasteiger partial charge in [0.2, 0.25) is 0 Å². The predicted molar refractivity (Wildman–Crippen MR) is 135 cm³/mol. The van der Waals surface area contributed by atoms with Crippen LogP contribution in [0.1, 0.15) is 46.1 Å². The summed E-state index contributed by atoms with van der Waals surface area (Å²) in [5.41, 5.74) is 3.60. The molecule has 3 N–H and O–H groups in total. The van der Waals surface area contributed by atoms with Gasteiger partial charge in [0.1, 0.15) is 5.82 Å². The summed E-state index contributed by atoms with van der Waals surface area (Å²) in [6, 6.07) is 18.9. The Morgan fingerprint density at radius 3 is 2.49 bits per heavy atom. The van der Waals surface area contributed by atoms with E-state index in [9.17, 15) is 13.2 Å². The maximum atomic E-state index is 12.9. The fraction of sp³-hybridized carbons (Fsp3) is 0.192. The lowest BCUT2D eigenvalue weighted by atomic mass is 10.1. The summed E-state index contributed by atoms with van der Waals surface area (Å²) in [5, 5.41) is 10.1. The molecule has 0 aliphatic heterocycles. The Bertz CT molecular complexity index is 1510. The number of carbonyl (C=O) groups excluding carboxylic acids is 1. The molecule has 0 spiro atoms. The van der Waals surface area contributed by atoms with E-state index in [1.165, 1.54) is 6.07 Å². The fourth-order valence-corrected chi connectivity index (χ4v) is 5.16. The van der Waals surface area contributed by atoms with E-state index in [0.29, 0.717) is 34.2 Å². The summed E-state index contributed by atoms with van der Waals surface area (Å²) >= 11 is 0. The van der Waals surface area contributed by atoms with Crippen LogP contribution < -0.4 is 10.0 Å². The van der Waals surface area contributed by atoms with E-state index in [2.05, 4.69) is 25.2 Å². The third-order valence-corrected chi connectivity index (χ3v) is 7.40. The zero-order valence-electron chi connectivity index (χ0n) is 19.4. The van der Waals surface area contributed by atoms with Crippen LogP contribution >= 0.6 is 0 Å². The van der Waals surface area contributed by atoms with Crippen molar-refractivity contribution in [2.24, 2.45) is 0 Å². The zero-order valence-corrected chi connectivity index (χ0v) is 20.2. The molecule has 4 aromatic rings. The van der Waals surface area contributed by atoms with Crippen molar-refractivity contribution in [3.05, 3.63) is 89.2 Å². The lowest BCUT2D eigenvalue weighted by molar-refractivity contribution is 0.102. The lowest BCUT2D eigenvalue weighted by Crippen LogP contribution is -2.16. The van der Waals surface area contributed by atoms with E-state index in [-0.39, 0.29) is 10.8 Å². The third kappa shape index (κ3) is 5.09. The number of hydrogen-bond acceptors (Lipinski definition) is 5. The average Bonchev–Trinajstić information content (AvgIpc) is 3.57. The Balaban J connectivity index is 1.28. The van der Waals surface area contributed by atoms with Crippen molar-refractivity contribution in [3.63, 3.8) is 0 Å². The van der Waals surface area contributed by atoms with Gasteiger partial charge in [-0.25, -0.2) is 13.4 Å². The first-order chi connectivity index (χ1) is 16.8. The molecule has 0 saturated heterocycles. The molecule has 0 atom stereocenters. The van der Waals surface area contributed by atoms with Crippen LogP contribution in [0.2, 0.25) is 0 Å². The van der Waals surface area contributed by atoms with E-state index in [0.717, 1.165) is 29.8 Å². The molecule has 5 rings (SSSR count). The number of H-pyrrole nitrogens is 1. The van der Waals surface area contributed by atoms with Gasteiger partial charge in [-0.05, 0) is 86.3 Å². The second kappa shape index (κ2) is 8.99. The van der Waals surface area contributed by atoms with Crippen molar-refractivity contribution in [1.29, 1.82) is 0 Å². The first kappa shape index (κ1) is 22.8. The van der Waals surface area contributed by atoms with E-state index in [1.807, 2.05) is 25.1 Å². The fourth-order valence-electron chi connectivity index (χ4n) is 3.78. The van der Waals surface area contributed by atoms with Crippen LogP contribution in [0, 0.1) is 13.8 Å². The molecule has 1 heterocycles. The van der Waals surface area contributed by atoms with Gasteiger partial charge in [-0.3, -0.25) is 14.6 Å². The number of nitrogens with zero attached hydrogens (tertiary/aromatic N) is 2. The molecule has 9 heteroatoms. The van der Waals surface area contributed by atoms with E-state index in [1.54, 1.807) is 49.4 Å². The summed E-state index contributed by atoms with van der Waals surface area (Å²) in [6.45, 7) is 3.59. The number of aryl methyl sites for hydroxylation is 2. The predicted octanol–water partition coefficient (Wildman–Crippen LogP) is 5.02. The van der Waals surface area contributed by atoms with Gasteiger partial charge in [0.25, 0.3) is 15.9 Å². The molecule has 0 bridgehead atoms. The quantitative estimate of drug-likeness (QED) is 0.338. The second-order valence-corrected chi connectivity index (χ2v) is 10.5. The zero-order chi connectivity index (χ0) is 24.6. The molecule has 1 saturated carbocycles. The lowest BCUT2D eigenvalue weighted by Gasteiger charge is -2.12. The molecule has 0 radical (unpaired) electrons. The Morgan fingerprint density at radius 1 is 0.971 bits per heavy atom. The van der Waals surface area contributed by atoms with Gasteiger partial charge < -0.3 is 5.32 Å². The highest BCUT2D eigenvalue weighted by Gasteiger charge is 2.27. The van der Waals surface area contributed by atoms with Gasteiger partial charge in [-0.15, -0.1) is 0 Å². The summed E-state index contributed by atoms with van der Waals surface area (Å²) in [7, 11) is -3.79. The Morgan fingerprint density at radius 2 is 1.74 bits per heavy atom. The SMILES string of the molecule is Cc1ccc(C)c(S(=O)(=O)Nc2cccc(C(=O)Nc3ccc(-c4n[nH]c(C5CC5)n4)cc3)c2)c1. The monoisotopic (exact) mass is 487 g/mol. The maximum Gasteiger partial charge on any atom is 0.262 e. The topological polar surface area (TPSA) is 117 Å². The maximum absolute atomic E-state index is 12.9. The van der Waals surface area contributed by atoms with Crippen LogP contribution in [0.15, 0.2) is 71.6 Å². The largest absolute Gasteiger partial charge is 0.322 e. The van der Waals surface area contributed by atoms with Crippen molar-refractivity contribution >= 4 is 27.3 Å². The third-order valence-electron chi connectivity index (χ3n) is 5.88. The van der Waals surface area contributed by atoms with Crippen LogP contribution in [-0.4, -0.2) is 29.5 Å². The van der Waals surface area contributed by atoms with Gasteiger partial charge >= 0.3 is 0 Å². The van der Waals surface area contributed by atoms with Crippen LogP contribution in [0.4, 0.5) is 11.4 Å². The first-order valence-corrected chi connectivity index (χ1v) is 12.8. The molecule has 178 valence electrons. The van der Waals surface area contributed by atoms with Gasteiger partial charge in [0.05, 0.1) is 4.90 Å². The second-order valence-electron chi connectivity index (χ2n) is 8.81. The molecule has 1 aliphatic carbocycles. The minimum absolute atomic E-state index is 0.211. The van der Waals surface area contributed by atoms with Crippen molar-refractivity contribution in [2.45, 2.75) is 37.5 Å². The highest BCUT2D eigenvalue weighted by Crippen LogP contribution is 2.38. The Labute approximate surface area is 203 Å². The van der Waals surface area contributed by atoms with Crippen molar-refractivity contribution in [2.75, 3.05) is 10.0 Å². The summed E-state index contributed by atoms with van der Waals surface area (Å²) in [6.07, 6.45) is 2.29. The summed E-state index contributed by atoms with van der Waals surface area (Å²) < 4.78 is 28.4. The van der Waals surface area contributed by atoms with E-state index < -0.39 is 10.0 Å². The standard InChI is InChI=1S/C26H25N5O3S/c1-16-6-7-17(2)23(14-16)35(33,34)31-22-5-3-4-20(15-22)26(32)27-21-12-10-19(11-13-21)25-28-24(29-30-25)18-8-9-18/h3-7,10-15,18,31H,8-9H2,1-2H3,(H,27,32)(H,28,29,30). The molecular weight excluding hydrogens is 462 g/mol. The van der Waals surface area contributed by atoms with E-state index >= 15 is 0 Å². The van der Waals surface area contributed by atoms with Crippen LogP contribution in [-0.2, 0) is 10.0 Å². The number of nitrogens with one attached hydrogen (secondary N) is 3. The number of sulfonamides is 1. The molecule has 1 aliphatic rings. The van der Waals surface area contributed by atoms with Gasteiger partial charge in [0, 0.05) is 28.4 Å². The first-order valence-electron chi connectivity index (χ1n) is 11.3. The summed E-state index contributed by atoms with van der Waals surface area (Å²) in [5.74, 6) is 1.70. The van der Waals surface area contributed by atoms with Crippen molar-refractivity contribution < 1.29 is 13.2 Å². The Kier molecular flexibility index (Phi) is 5.86. The number of aromatic amines is 1.